The molecule has 2 aliphatic carbocycles. The summed E-state index contributed by atoms with van der Waals surface area (Å²) >= 11 is 0. The number of nitrogens with one attached hydrogen (secondary N) is 1. The fraction of sp³-hybridized carbons (Fsp3) is 0.500. The van der Waals surface area contributed by atoms with E-state index in [1.807, 2.05) is 18.2 Å². The summed E-state index contributed by atoms with van der Waals surface area (Å²) in [6.45, 7) is 0.160. The van der Waals surface area contributed by atoms with Crippen molar-refractivity contribution in [2.75, 3.05) is 0 Å². The van der Waals surface area contributed by atoms with Crippen LogP contribution in [0.5, 0.6) is 0 Å². The first-order valence-electron chi connectivity index (χ1n) is 8.69. The Labute approximate surface area is 140 Å². The lowest BCUT2D eigenvalue weighted by Crippen LogP contribution is -2.41. The van der Waals surface area contributed by atoms with Gasteiger partial charge in [-0.2, -0.15) is 0 Å². The van der Waals surface area contributed by atoms with Gasteiger partial charge in [-0.3, -0.25) is 4.79 Å². The third-order valence-electron chi connectivity index (χ3n) is 5.09. The Morgan fingerprint density at radius 3 is 3.00 bits per heavy atom. The number of carbonyl (C=O) groups is 1. The summed E-state index contributed by atoms with van der Waals surface area (Å²) in [4.78, 5) is 12.5. The average Bonchev–Trinajstić information content (AvgIpc) is 3.01. The van der Waals surface area contributed by atoms with Gasteiger partial charge in [-0.15, -0.1) is 5.10 Å². The highest BCUT2D eigenvalue weighted by molar-refractivity contribution is 5.76. The molecular weight excluding hydrogens is 304 g/mol. The highest BCUT2D eigenvalue weighted by Gasteiger charge is 2.29. The quantitative estimate of drug-likeness (QED) is 0.891. The number of aromatic nitrogens is 3. The number of carbonyl (C=O) groups excluding carboxylic acids is 1. The average molecular weight is 326 g/mol. The topological polar surface area (TPSA) is 80.0 Å². The van der Waals surface area contributed by atoms with Gasteiger partial charge in [0, 0.05) is 0 Å². The Morgan fingerprint density at radius 2 is 2.08 bits per heavy atom. The van der Waals surface area contributed by atoms with Gasteiger partial charge in [0.05, 0.1) is 23.5 Å². The number of rotatable bonds is 3. The van der Waals surface area contributed by atoms with Crippen LogP contribution in [0.15, 0.2) is 24.3 Å². The van der Waals surface area contributed by atoms with E-state index in [1.165, 1.54) is 5.56 Å². The molecule has 2 atom stereocenters. The van der Waals surface area contributed by atoms with Crippen molar-refractivity contribution in [3.8, 4) is 0 Å². The molecule has 0 saturated heterocycles. The van der Waals surface area contributed by atoms with E-state index >= 15 is 0 Å². The minimum Gasteiger partial charge on any atom is -0.391 e. The van der Waals surface area contributed by atoms with Crippen LogP contribution in [-0.4, -0.2) is 32.1 Å². The molecule has 0 spiro atoms. The number of aryl methyl sites for hydroxylation is 2. The molecule has 2 aliphatic rings. The third kappa shape index (κ3) is 2.82. The first kappa shape index (κ1) is 15.3. The summed E-state index contributed by atoms with van der Waals surface area (Å²) < 4.78 is 1.71. The molecule has 1 heterocycles. The van der Waals surface area contributed by atoms with E-state index in [2.05, 4.69) is 21.7 Å². The monoisotopic (exact) mass is 326 g/mol. The number of fused-ring (bicyclic) bond motifs is 2. The van der Waals surface area contributed by atoms with Crippen molar-refractivity contribution in [1.82, 2.24) is 20.3 Å². The van der Waals surface area contributed by atoms with Crippen molar-refractivity contribution in [3.63, 3.8) is 0 Å². The molecule has 2 N–H and O–H groups in total. The summed E-state index contributed by atoms with van der Waals surface area (Å²) in [7, 11) is 0. The van der Waals surface area contributed by atoms with E-state index < -0.39 is 6.10 Å². The molecule has 0 bridgehead atoms. The maximum absolute atomic E-state index is 12.5. The predicted octanol–water partition coefficient (Wildman–Crippen LogP) is 1.32. The van der Waals surface area contributed by atoms with Crippen LogP contribution in [0.2, 0.25) is 0 Å². The Kier molecular flexibility index (Phi) is 4.06. The zero-order valence-corrected chi connectivity index (χ0v) is 13.6. The number of hydrogen-bond acceptors (Lipinski definition) is 4. The highest BCUT2D eigenvalue weighted by Crippen LogP contribution is 2.30. The molecule has 2 aromatic rings. The standard InChI is InChI=1S/C18H22N4O2/c23-16-10-9-12-5-1-2-6-13(12)18(16)19-17(24)11-22-15-8-4-3-7-14(15)20-21-22/h1-2,5-6,16,18,23H,3-4,7-11H2,(H,19,24)/t16-,18+/m0/s1. The Balaban J connectivity index is 1.49. The number of nitrogens with zero attached hydrogens (tertiary/aromatic N) is 3. The van der Waals surface area contributed by atoms with Crippen molar-refractivity contribution in [2.24, 2.45) is 0 Å². The van der Waals surface area contributed by atoms with Crippen LogP contribution in [0.25, 0.3) is 0 Å². The Hall–Kier alpha value is -2.21. The van der Waals surface area contributed by atoms with Crippen LogP contribution in [0.3, 0.4) is 0 Å². The normalized spacial score (nSPS) is 22.5. The fourth-order valence-corrected chi connectivity index (χ4v) is 3.82. The summed E-state index contributed by atoms with van der Waals surface area (Å²) in [5, 5.41) is 21.7. The van der Waals surface area contributed by atoms with E-state index in [9.17, 15) is 9.90 Å². The molecule has 0 aliphatic heterocycles. The van der Waals surface area contributed by atoms with Gasteiger partial charge in [0.2, 0.25) is 5.91 Å². The second-order valence-electron chi connectivity index (χ2n) is 6.70. The molecule has 1 aromatic carbocycles. The summed E-state index contributed by atoms with van der Waals surface area (Å²) in [5.74, 6) is -0.131. The van der Waals surface area contributed by atoms with Crippen molar-refractivity contribution in [2.45, 2.75) is 57.2 Å². The van der Waals surface area contributed by atoms with Gasteiger partial charge in [-0.25, -0.2) is 4.68 Å². The SMILES string of the molecule is O=C(Cn1nnc2c1CCCC2)N[C@@H]1c2ccccc2CC[C@@H]1O. The maximum atomic E-state index is 12.5. The lowest BCUT2D eigenvalue weighted by molar-refractivity contribution is -0.123. The van der Waals surface area contributed by atoms with Crippen molar-refractivity contribution in [1.29, 1.82) is 0 Å². The summed E-state index contributed by atoms with van der Waals surface area (Å²) in [6.07, 6.45) is 5.12. The zero-order valence-electron chi connectivity index (χ0n) is 13.6. The molecule has 4 rings (SSSR count). The van der Waals surface area contributed by atoms with Gasteiger partial charge >= 0.3 is 0 Å². The van der Waals surface area contributed by atoms with E-state index in [0.717, 1.165) is 49.1 Å². The Morgan fingerprint density at radius 1 is 1.25 bits per heavy atom. The maximum Gasteiger partial charge on any atom is 0.242 e. The van der Waals surface area contributed by atoms with E-state index in [0.29, 0.717) is 6.42 Å². The van der Waals surface area contributed by atoms with Crippen LogP contribution in [0.1, 0.15) is 47.8 Å². The molecule has 0 fully saturated rings. The van der Waals surface area contributed by atoms with Gasteiger partial charge in [-0.05, 0) is 49.7 Å². The van der Waals surface area contributed by atoms with Crippen molar-refractivity contribution in [3.05, 3.63) is 46.8 Å². The van der Waals surface area contributed by atoms with Crippen LogP contribution in [0.4, 0.5) is 0 Å². The second-order valence-corrected chi connectivity index (χ2v) is 6.70. The van der Waals surface area contributed by atoms with Crippen LogP contribution in [0, 0.1) is 0 Å². The first-order chi connectivity index (χ1) is 11.7. The second kappa shape index (κ2) is 6.36. The zero-order chi connectivity index (χ0) is 16.5. The van der Waals surface area contributed by atoms with Gasteiger partial charge in [0.15, 0.2) is 0 Å². The molecule has 1 aromatic heterocycles. The number of aliphatic hydroxyl groups excluding tert-OH is 1. The minimum atomic E-state index is -0.548. The van der Waals surface area contributed by atoms with Crippen LogP contribution < -0.4 is 5.32 Å². The Bertz CT molecular complexity index is 755. The van der Waals surface area contributed by atoms with E-state index in [-0.39, 0.29) is 18.5 Å². The molecule has 126 valence electrons. The van der Waals surface area contributed by atoms with Crippen LogP contribution in [-0.2, 0) is 30.6 Å². The van der Waals surface area contributed by atoms with Gasteiger partial charge in [0.1, 0.15) is 6.54 Å². The van der Waals surface area contributed by atoms with Gasteiger partial charge in [-0.1, -0.05) is 29.5 Å². The molecule has 0 saturated carbocycles. The van der Waals surface area contributed by atoms with E-state index in [4.69, 9.17) is 0 Å². The van der Waals surface area contributed by atoms with Gasteiger partial charge < -0.3 is 10.4 Å². The van der Waals surface area contributed by atoms with Crippen LogP contribution >= 0.6 is 0 Å². The molecule has 6 nitrogen and oxygen atoms in total. The smallest absolute Gasteiger partial charge is 0.242 e. The number of hydrogen-bond donors (Lipinski definition) is 2. The fourth-order valence-electron chi connectivity index (χ4n) is 3.82. The predicted molar refractivity (Wildman–Crippen MR) is 88.3 cm³/mol. The molecular formula is C18H22N4O2. The van der Waals surface area contributed by atoms with Crippen molar-refractivity contribution < 1.29 is 9.90 Å². The number of benzene rings is 1. The first-order valence-corrected chi connectivity index (χ1v) is 8.69. The lowest BCUT2D eigenvalue weighted by Gasteiger charge is -2.31. The number of amides is 1. The third-order valence-corrected chi connectivity index (χ3v) is 5.09. The summed E-state index contributed by atoms with van der Waals surface area (Å²) in [5.41, 5.74) is 4.33. The lowest BCUT2D eigenvalue weighted by atomic mass is 9.85. The van der Waals surface area contributed by atoms with E-state index in [1.54, 1.807) is 4.68 Å². The number of aliphatic hydroxyl groups is 1. The molecule has 0 unspecified atom stereocenters. The molecule has 24 heavy (non-hydrogen) atoms. The van der Waals surface area contributed by atoms with Crippen molar-refractivity contribution >= 4 is 5.91 Å². The highest BCUT2D eigenvalue weighted by atomic mass is 16.3. The molecule has 6 heteroatoms. The molecule has 0 radical (unpaired) electrons. The summed E-state index contributed by atoms with van der Waals surface area (Å²) in [6, 6.07) is 7.65. The van der Waals surface area contributed by atoms with Gasteiger partial charge in [0.25, 0.3) is 0 Å². The molecule has 1 amide bonds. The largest absolute Gasteiger partial charge is 0.391 e. The minimum absolute atomic E-state index is 0.131.